The number of benzene rings is 1. The van der Waals surface area contributed by atoms with E-state index in [1.165, 1.54) is 0 Å². The van der Waals surface area contributed by atoms with Gasteiger partial charge in [-0.3, -0.25) is 4.90 Å². The summed E-state index contributed by atoms with van der Waals surface area (Å²) in [5.74, 6) is 0.760. The SMILES string of the molecule is Cc1ccc([C@H](C)O)c(OCC2CN(C(C)C)CCO2)c1. The Kier molecular flexibility index (Phi) is 5.62. The summed E-state index contributed by atoms with van der Waals surface area (Å²) in [4.78, 5) is 2.41. The molecular weight excluding hydrogens is 266 g/mol. The summed E-state index contributed by atoms with van der Waals surface area (Å²) in [5, 5.41) is 9.83. The lowest BCUT2D eigenvalue weighted by molar-refractivity contribution is -0.0567. The molecule has 0 aliphatic carbocycles. The van der Waals surface area contributed by atoms with Crippen LogP contribution in [0.2, 0.25) is 0 Å². The van der Waals surface area contributed by atoms with Gasteiger partial charge in [0.2, 0.25) is 0 Å². The van der Waals surface area contributed by atoms with Crippen molar-refractivity contribution in [2.75, 3.05) is 26.3 Å². The molecule has 1 unspecified atom stereocenters. The second-order valence-electron chi connectivity index (χ2n) is 6.11. The zero-order valence-electron chi connectivity index (χ0n) is 13.5. The number of ether oxygens (including phenoxy) is 2. The highest BCUT2D eigenvalue weighted by atomic mass is 16.5. The van der Waals surface area contributed by atoms with Gasteiger partial charge in [-0.25, -0.2) is 0 Å². The Morgan fingerprint density at radius 1 is 1.38 bits per heavy atom. The van der Waals surface area contributed by atoms with E-state index in [4.69, 9.17) is 9.47 Å². The number of morpholine rings is 1. The first-order valence-corrected chi connectivity index (χ1v) is 7.74. The first-order valence-electron chi connectivity index (χ1n) is 7.74. The lowest BCUT2D eigenvalue weighted by Crippen LogP contribution is -2.47. The average molecular weight is 293 g/mol. The van der Waals surface area contributed by atoms with E-state index in [0.717, 1.165) is 36.6 Å². The fourth-order valence-corrected chi connectivity index (χ4v) is 2.61. The van der Waals surface area contributed by atoms with Crippen LogP contribution in [0.25, 0.3) is 0 Å². The molecule has 1 aliphatic heterocycles. The van der Waals surface area contributed by atoms with Crippen molar-refractivity contribution in [3.63, 3.8) is 0 Å². The molecule has 1 aliphatic rings. The van der Waals surface area contributed by atoms with Gasteiger partial charge in [-0.15, -0.1) is 0 Å². The van der Waals surface area contributed by atoms with Crippen LogP contribution in [0, 0.1) is 6.92 Å². The Labute approximate surface area is 127 Å². The van der Waals surface area contributed by atoms with Gasteiger partial charge >= 0.3 is 0 Å². The highest BCUT2D eigenvalue weighted by Crippen LogP contribution is 2.26. The van der Waals surface area contributed by atoms with Crippen molar-refractivity contribution in [2.45, 2.75) is 45.9 Å². The standard InChI is InChI=1S/C17H27NO3/c1-12(2)18-7-8-20-15(10-18)11-21-17-9-13(3)5-6-16(17)14(4)19/h5-6,9,12,14-15,19H,7-8,10-11H2,1-4H3/t14-,15?/m0/s1. The molecule has 2 rings (SSSR count). The summed E-state index contributed by atoms with van der Waals surface area (Å²) in [6, 6.07) is 6.43. The van der Waals surface area contributed by atoms with Crippen LogP contribution in [0.4, 0.5) is 0 Å². The number of aryl methyl sites for hydroxylation is 1. The maximum atomic E-state index is 9.83. The van der Waals surface area contributed by atoms with E-state index >= 15 is 0 Å². The predicted octanol–water partition coefficient (Wildman–Crippen LogP) is 2.54. The van der Waals surface area contributed by atoms with E-state index < -0.39 is 6.10 Å². The summed E-state index contributed by atoms with van der Waals surface area (Å²) >= 11 is 0. The quantitative estimate of drug-likeness (QED) is 0.906. The van der Waals surface area contributed by atoms with Gasteiger partial charge in [0, 0.05) is 24.7 Å². The lowest BCUT2D eigenvalue weighted by atomic mass is 10.1. The van der Waals surface area contributed by atoms with E-state index in [2.05, 4.69) is 18.7 Å². The molecule has 0 radical (unpaired) electrons. The molecule has 4 heteroatoms. The molecule has 1 N–H and O–H groups in total. The van der Waals surface area contributed by atoms with Crippen LogP contribution in [0.15, 0.2) is 18.2 Å². The average Bonchev–Trinajstić information content (AvgIpc) is 2.45. The molecular formula is C17H27NO3. The molecule has 1 aromatic carbocycles. The van der Waals surface area contributed by atoms with Gasteiger partial charge in [0.15, 0.2) is 0 Å². The van der Waals surface area contributed by atoms with Gasteiger partial charge < -0.3 is 14.6 Å². The molecule has 0 saturated carbocycles. The summed E-state index contributed by atoms with van der Waals surface area (Å²) in [6.45, 7) is 11.3. The molecule has 0 amide bonds. The minimum atomic E-state index is -0.528. The monoisotopic (exact) mass is 293 g/mol. The minimum Gasteiger partial charge on any atom is -0.490 e. The van der Waals surface area contributed by atoms with E-state index in [9.17, 15) is 5.11 Å². The largest absolute Gasteiger partial charge is 0.490 e. The third-order valence-corrected chi connectivity index (χ3v) is 3.94. The van der Waals surface area contributed by atoms with Crippen LogP contribution in [-0.2, 0) is 4.74 Å². The predicted molar refractivity (Wildman–Crippen MR) is 83.8 cm³/mol. The summed E-state index contributed by atoms with van der Waals surface area (Å²) < 4.78 is 11.7. The Balaban J connectivity index is 1.98. The maximum Gasteiger partial charge on any atom is 0.125 e. The first-order chi connectivity index (χ1) is 9.97. The van der Waals surface area contributed by atoms with Crippen LogP contribution >= 0.6 is 0 Å². The van der Waals surface area contributed by atoms with Gasteiger partial charge in [-0.2, -0.15) is 0 Å². The first kappa shape index (κ1) is 16.3. The van der Waals surface area contributed by atoms with Crippen molar-refractivity contribution in [3.8, 4) is 5.75 Å². The Morgan fingerprint density at radius 2 is 2.14 bits per heavy atom. The second kappa shape index (κ2) is 7.25. The zero-order chi connectivity index (χ0) is 15.4. The van der Waals surface area contributed by atoms with Gasteiger partial charge in [0.25, 0.3) is 0 Å². The van der Waals surface area contributed by atoms with Crippen molar-refractivity contribution in [2.24, 2.45) is 0 Å². The molecule has 1 aromatic rings. The summed E-state index contributed by atoms with van der Waals surface area (Å²) in [7, 11) is 0. The van der Waals surface area contributed by atoms with Crippen LogP contribution < -0.4 is 4.74 Å². The van der Waals surface area contributed by atoms with Crippen molar-refractivity contribution in [1.29, 1.82) is 0 Å². The summed E-state index contributed by atoms with van der Waals surface area (Å²) in [6.07, 6.45) is -0.441. The van der Waals surface area contributed by atoms with Crippen molar-refractivity contribution < 1.29 is 14.6 Å². The third kappa shape index (κ3) is 4.43. The molecule has 0 bridgehead atoms. The fraction of sp³-hybridized carbons (Fsp3) is 0.647. The number of nitrogens with zero attached hydrogens (tertiary/aromatic N) is 1. The van der Waals surface area contributed by atoms with Gasteiger partial charge in [0.05, 0.1) is 12.7 Å². The maximum absolute atomic E-state index is 9.83. The molecule has 0 spiro atoms. The highest BCUT2D eigenvalue weighted by Gasteiger charge is 2.23. The summed E-state index contributed by atoms with van der Waals surface area (Å²) in [5.41, 5.74) is 1.96. The van der Waals surface area contributed by atoms with E-state index in [-0.39, 0.29) is 6.10 Å². The molecule has 1 fully saturated rings. The zero-order valence-corrected chi connectivity index (χ0v) is 13.5. The number of rotatable bonds is 5. The number of hydrogen-bond acceptors (Lipinski definition) is 4. The normalized spacial score (nSPS) is 21.5. The van der Waals surface area contributed by atoms with E-state index in [0.29, 0.717) is 12.6 Å². The molecule has 21 heavy (non-hydrogen) atoms. The van der Waals surface area contributed by atoms with Crippen LogP contribution in [0.3, 0.4) is 0 Å². The minimum absolute atomic E-state index is 0.0866. The van der Waals surface area contributed by atoms with Crippen molar-refractivity contribution in [3.05, 3.63) is 29.3 Å². The smallest absolute Gasteiger partial charge is 0.125 e. The van der Waals surface area contributed by atoms with Crippen LogP contribution in [-0.4, -0.2) is 48.5 Å². The number of aliphatic hydroxyl groups is 1. The van der Waals surface area contributed by atoms with Crippen molar-refractivity contribution in [1.82, 2.24) is 4.90 Å². The Bertz CT molecular complexity index is 459. The third-order valence-electron chi connectivity index (χ3n) is 3.94. The van der Waals surface area contributed by atoms with Gasteiger partial charge in [-0.1, -0.05) is 12.1 Å². The fourth-order valence-electron chi connectivity index (χ4n) is 2.61. The van der Waals surface area contributed by atoms with Gasteiger partial charge in [-0.05, 0) is 39.3 Å². The van der Waals surface area contributed by atoms with Crippen LogP contribution in [0.1, 0.15) is 38.0 Å². The highest BCUT2D eigenvalue weighted by molar-refractivity contribution is 5.38. The molecule has 0 aromatic heterocycles. The Morgan fingerprint density at radius 3 is 2.81 bits per heavy atom. The van der Waals surface area contributed by atoms with Crippen molar-refractivity contribution >= 4 is 0 Å². The van der Waals surface area contributed by atoms with E-state index in [1.54, 1.807) is 6.92 Å². The molecule has 4 nitrogen and oxygen atoms in total. The van der Waals surface area contributed by atoms with Crippen LogP contribution in [0.5, 0.6) is 5.75 Å². The molecule has 1 heterocycles. The Hall–Kier alpha value is -1.10. The lowest BCUT2D eigenvalue weighted by Gasteiger charge is -2.35. The second-order valence-corrected chi connectivity index (χ2v) is 6.11. The van der Waals surface area contributed by atoms with E-state index in [1.807, 2.05) is 25.1 Å². The number of hydrogen-bond donors (Lipinski definition) is 1. The molecule has 2 atom stereocenters. The molecule has 118 valence electrons. The topological polar surface area (TPSA) is 41.9 Å². The molecule has 1 saturated heterocycles. The van der Waals surface area contributed by atoms with Gasteiger partial charge in [0.1, 0.15) is 18.5 Å². The number of aliphatic hydroxyl groups excluding tert-OH is 1.